The highest BCUT2D eigenvalue weighted by Crippen LogP contribution is 2.24. The van der Waals surface area contributed by atoms with Gasteiger partial charge in [0.15, 0.2) is 0 Å². The van der Waals surface area contributed by atoms with E-state index in [2.05, 4.69) is 15.6 Å². The zero-order chi connectivity index (χ0) is 16.6. The van der Waals surface area contributed by atoms with Gasteiger partial charge < -0.3 is 4.57 Å². The second-order valence-electron chi connectivity index (χ2n) is 6.39. The Kier molecular flexibility index (Phi) is 4.44. The molecule has 0 amide bonds. The third-order valence-electron chi connectivity index (χ3n) is 4.65. The predicted octanol–water partition coefficient (Wildman–Crippen LogP) is 1.86. The number of para-hydroxylation sites is 2. The summed E-state index contributed by atoms with van der Waals surface area (Å²) in [6.07, 6.45) is 1.78. The van der Waals surface area contributed by atoms with Gasteiger partial charge in [0.1, 0.15) is 5.82 Å². The SMILES string of the molecule is Cc1nc2ccccc2n1CC1CCN(S(=O)(=O)N(C)C)CC1. The van der Waals surface area contributed by atoms with Gasteiger partial charge in [-0.3, -0.25) is 0 Å². The van der Waals surface area contributed by atoms with E-state index >= 15 is 0 Å². The quantitative estimate of drug-likeness (QED) is 0.856. The smallest absolute Gasteiger partial charge is 0.281 e. The first-order valence-corrected chi connectivity index (χ1v) is 9.39. The van der Waals surface area contributed by atoms with Crippen molar-refractivity contribution in [1.29, 1.82) is 0 Å². The maximum absolute atomic E-state index is 12.2. The largest absolute Gasteiger partial charge is 0.328 e. The fourth-order valence-electron chi connectivity index (χ4n) is 3.24. The van der Waals surface area contributed by atoms with Crippen LogP contribution < -0.4 is 0 Å². The van der Waals surface area contributed by atoms with Crippen LogP contribution in [-0.2, 0) is 16.8 Å². The lowest BCUT2D eigenvalue weighted by Gasteiger charge is -2.33. The molecule has 126 valence electrons. The summed E-state index contributed by atoms with van der Waals surface area (Å²) in [5.41, 5.74) is 2.19. The Bertz CT molecular complexity index is 790. The molecule has 2 aromatic rings. The van der Waals surface area contributed by atoms with E-state index in [-0.39, 0.29) is 0 Å². The summed E-state index contributed by atoms with van der Waals surface area (Å²) in [6, 6.07) is 8.17. The number of fused-ring (bicyclic) bond motifs is 1. The molecule has 1 aliphatic heterocycles. The number of imidazole rings is 1. The summed E-state index contributed by atoms with van der Waals surface area (Å²) in [6.45, 7) is 4.13. The molecule has 1 aromatic carbocycles. The topological polar surface area (TPSA) is 58.4 Å². The lowest BCUT2D eigenvalue weighted by Crippen LogP contribution is -2.44. The summed E-state index contributed by atoms with van der Waals surface area (Å²) < 4.78 is 29.5. The molecule has 23 heavy (non-hydrogen) atoms. The zero-order valence-electron chi connectivity index (χ0n) is 13.9. The molecule has 1 aliphatic rings. The number of rotatable bonds is 4. The van der Waals surface area contributed by atoms with Gasteiger partial charge in [0, 0.05) is 33.7 Å². The van der Waals surface area contributed by atoms with E-state index in [1.807, 2.05) is 25.1 Å². The second-order valence-corrected chi connectivity index (χ2v) is 8.53. The molecule has 0 atom stereocenters. The van der Waals surface area contributed by atoms with E-state index < -0.39 is 10.2 Å². The Morgan fingerprint density at radius 1 is 1.22 bits per heavy atom. The van der Waals surface area contributed by atoms with Gasteiger partial charge in [0.2, 0.25) is 0 Å². The molecule has 0 N–H and O–H groups in total. The molecule has 0 spiro atoms. The van der Waals surface area contributed by atoms with Crippen LogP contribution in [0.25, 0.3) is 11.0 Å². The van der Waals surface area contributed by atoms with Crippen LogP contribution in [0.5, 0.6) is 0 Å². The van der Waals surface area contributed by atoms with Crippen molar-refractivity contribution in [2.45, 2.75) is 26.3 Å². The molecule has 3 rings (SSSR count). The van der Waals surface area contributed by atoms with Crippen molar-refractivity contribution in [2.75, 3.05) is 27.2 Å². The molecular formula is C16H24N4O2S. The van der Waals surface area contributed by atoms with E-state index in [4.69, 9.17) is 0 Å². The molecule has 7 heteroatoms. The van der Waals surface area contributed by atoms with Crippen molar-refractivity contribution in [1.82, 2.24) is 18.2 Å². The average Bonchev–Trinajstić information content (AvgIpc) is 2.84. The number of piperidine rings is 1. The van der Waals surface area contributed by atoms with E-state index in [0.29, 0.717) is 19.0 Å². The predicted molar refractivity (Wildman–Crippen MR) is 91.4 cm³/mol. The van der Waals surface area contributed by atoms with Crippen molar-refractivity contribution < 1.29 is 8.42 Å². The van der Waals surface area contributed by atoms with Gasteiger partial charge in [0.05, 0.1) is 11.0 Å². The Balaban J connectivity index is 1.70. The lowest BCUT2D eigenvalue weighted by molar-refractivity contribution is 0.245. The van der Waals surface area contributed by atoms with Crippen molar-refractivity contribution in [3.63, 3.8) is 0 Å². The zero-order valence-corrected chi connectivity index (χ0v) is 14.8. The van der Waals surface area contributed by atoms with Crippen LogP contribution in [0.3, 0.4) is 0 Å². The van der Waals surface area contributed by atoms with E-state index in [0.717, 1.165) is 36.2 Å². The van der Waals surface area contributed by atoms with Gasteiger partial charge in [0.25, 0.3) is 10.2 Å². The molecular weight excluding hydrogens is 312 g/mol. The molecule has 1 aromatic heterocycles. The minimum absolute atomic E-state index is 0.486. The molecule has 1 saturated heterocycles. The van der Waals surface area contributed by atoms with Crippen LogP contribution in [-0.4, -0.2) is 53.8 Å². The van der Waals surface area contributed by atoms with Crippen LogP contribution in [0.4, 0.5) is 0 Å². The first kappa shape index (κ1) is 16.4. The van der Waals surface area contributed by atoms with Crippen molar-refractivity contribution >= 4 is 21.2 Å². The highest BCUT2D eigenvalue weighted by molar-refractivity contribution is 7.86. The van der Waals surface area contributed by atoms with Crippen molar-refractivity contribution in [3.05, 3.63) is 30.1 Å². The number of hydrogen-bond acceptors (Lipinski definition) is 3. The normalized spacial score (nSPS) is 18.1. The molecule has 6 nitrogen and oxygen atoms in total. The Morgan fingerprint density at radius 3 is 2.52 bits per heavy atom. The first-order valence-electron chi connectivity index (χ1n) is 7.99. The Labute approximate surface area is 137 Å². The highest BCUT2D eigenvalue weighted by Gasteiger charge is 2.29. The van der Waals surface area contributed by atoms with Crippen LogP contribution in [0.15, 0.2) is 24.3 Å². The number of nitrogens with zero attached hydrogens (tertiary/aromatic N) is 4. The third kappa shape index (κ3) is 3.13. The van der Waals surface area contributed by atoms with E-state index in [9.17, 15) is 8.42 Å². The van der Waals surface area contributed by atoms with Gasteiger partial charge >= 0.3 is 0 Å². The minimum atomic E-state index is -3.28. The molecule has 2 heterocycles. The summed E-state index contributed by atoms with van der Waals surface area (Å²) in [5, 5.41) is 0. The second kappa shape index (κ2) is 6.22. The van der Waals surface area contributed by atoms with Crippen LogP contribution in [0.1, 0.15) is 18.7 Å². The fraction of sp³-hybridized carbons (Fsp3) is 0.562. The van der Waals surface area contributed by atoms with Crippen LogP contribution in [0, 0.1) is 12.8 Å². The maximum Gasteiger partial charge on any atom is 0.281 e. The lowest BCUT2D eigenvalue weighted by atomic mass is 9.98. The van der Waals surface area contributed by atoms with Crippen LogP contribution >= 0.6 is 0 Å². The highest BCUT2D eigenvalue weighted by atomic mass is 32.2. The van der Waals surface area contributed by atoms with E-state index in [1.54, 1.807) is 18.4 Å². The molecule has 0 bridgehead atoms. The van der Waals surface area contributed by atoms with Crippen LogP contribution in [0.2, 0.25) is 0 Å². The first-order chi connectivity index (χ1) is 10.9. The summed E-state index contributed by atoms with van der Waals surface area (Å²) in [4.78, 5) is 4.61. The monoisotopic (exact) mass is 336 g/mol. The Morgan fingerprint density at radius 2 is 1.87 bits per heavy atom. The number of aryl methyl sites for hydroxylation is 1. The minimum Gasteiger partial charge on any atom is -0.328 e. The van der Waals surface area contributed by atoms with Gasteiger partial charge in [-0.25, -0.2) is 4.98 Å². The van der Waals surface area contributed by atoms with Gasteiger partial charge in [-0.05, 0) is 37.8 Å². The van der Waals surface area contributed by atoms with Crippen molar-refractivity contribution in [2.24, 2.45) is 5.92 Å². The summed E-state index contributed by atoms with van der Waals surface area (Å²) in [5.74, 6) is 1.51. The molecule has 0 aliphatic carbocycles. The molecule has 0 unspecified atom stereocenters. The number of aromatic nitrogens is 2. The van der Waals surface area contributed by atoms with Gasteiger partial charge in [-0.2, -0.15) is 17.0 Å². The molecule has 1 fully saturated rings. The summed E-state index contributed by atoms with van der Waals surface area (Å²) in [7, 11) is -0.109. The van der Waals surface area contributed by atoms with E-state index in [1.165, 1.54) is 4.31 Å². The Hall–Kier alpha value is -1.44. The third-order valence-corrected chi connectivity index (χ3v) is 6.59. The molecule has 0 radical (unpaired) electrons. The van der Waals surface area contributed by atoms with Gasteiger partial charge in [-0.1, -0.05) is 12.1 Å². The number of hydrogen-bond donors (Lipinski definition) is 0. The number of benzene rings is 1. The average molecular weight is 336 g/mol. The fourth-order valence-corrected chi connectivity index (χ4v) is 4.37. The maximum atomic E-state index is 12.2. The molecule has 0 saturated carbocycles. The standard InChI is InChI=1S/C16H24N4O2S/c1-13-17-15-6-4-5-7-16(15)20(13)12-14-8-10-19(11-9-14)23(21,22)18(2)3/h4-7,14H,8-12H2,1-3H3. The van der Waals surface area contributed by atoms with Gasteiger partial charge in [-0.15, -0.1) is 0 Å². The summed E-state index contributed by atoms with van der Waals surface area (Å²) >= 11 is 0. The van der Waals surface area contributed by atoms with Crippen molar-refractivity contribution in [3.8, 4) is 0 Å².